The molecule has 2 aromatic heterocycles. The summed E-state index contributed by atoms with van der Waals surface area (Å²) < 4.78 is 39.7. The quantitative estimate of drug-likeness (QED) is 0.509. The van der Waals surface area contributed by atoms with E-state index in [0.717, 1.165) is 6.07 Å². The first kappa shape index (κ1) is 16.8. The molecule has 10 heteroatoms. The Labute approximate surface area is 149 Å². The molecular weight excluding hydrogens is 361 g/mol. The number of benzene rings is 2. The lowest BCUT2D eigenvalue weighted by atomic mass is 10.0. The van der Waals surface area contributed by atoms with Crippen molar-refractivity contribution in [1.82, 2.24) is 30.8 Å². The van der Waals surface area contributed by atoms with Crippen molar-refractivity contribution in [2.45, 2.75) is 6.18 Å². The highest BCUT2D eigenvalue weighted by Gasteiger charge is 2.33. The standard InChI is InChI=1S/C17H11F3N6O/c18-17(19,20)12-4-2-1-3-10(12)13-8-14(22-21-13)11-7-9(5-6-15(11)27)16-23-25-26-24-16/h1-8,27H,(H,21,22)(H,23,24,25,26). The van der Waals surface area contributed by atoms with E-state index in [-0.39, 0.29) is 22.7 Å². The molecule has 136 valence electrons. The van der Waals surface area contributed by atoms with Gasteiger partial charge in [-0.05, 0) is 35.5 Å². The topological polar surface area (TPSA) is 103 Å². The first-order chi connectivity index (χ1) is 12.9. The van der Waals surface area contributed by atoms with E-state index in [9.17, 15) is 18.3 Å². The van der Waals surface area contributed by atoms with Crippen molar-refractivity contribution in [3.05, 3.63) is 54.1 Å². The van der Waals surface area contributed by atoms with Crippen molar-refractivity contribution in [1.29, 1.82) is 0 Å². The molecule has 0 saturated heterocycles. The Hall–Kier alpha value is -3.69. The number of rotatable bonds is 3. The van der Waals surface area contributed by atoms with Crippen molar-refractivity contribution in [3.8, 4) is 39.7 Å². The summed E-state index contributed by atoms with van der Waals surface area (Å²) in [5, 5.41) is 30.3. The number of alkyl halides is 3. The molecule has 0 atom stereocenters. The lowest BCUT2D eigenvalue weighted by molar-refractivity contribution is -0.137. The lowest BCUT2D eigenvalue weighted by Gasteiger charge is -2.10. The molecule has 2 heterocycles. The Kier molecular flexibility index (Phi) is 3.87. The van der Waals surface area contributed by atoms with Crippen LogP contribution in [0.3, 0.4) is 0 Å². The molecule has 0 radical (unpaired) electrons. The number of aromatic amines is 2. The van der Waals surface area contributed by atoms with Gasteiger partial charge in [0.15, 0.2) is 0 Å². The van der Waals surface area contributed by atoms with E-state index >= 15 is 0 Å². The summed E-state index contributed by atoms with van der Waals surface area (Å²) in [6, 6.07) is 11.2. The van der Waals surface area contributed by atoms with Crippen LogP contribution in [0, 0.1) is 0 Å². The van der Waals surface area contributed by atoms with Gasteiger partial charge in [0.2, 0.25) is 5.82 Å². The van der Waals surface area contributed by atoms with Gasteiger partial charge in [0, 0.05) is 16.7 Å². The number of nitrogens with zero attached hydrogens (tertiary/aromatic N) is 4. The summed E-state index contributed by atoms with van der Waals surface area (Å²) >= 11 is 0. The third-order valence-electron chi connectivity index (χ3n) is 3.98. The van der Waals surface area contributed by atoms with Crippen LogP contribution in [0.5, 0.6) is 5.75 Å². The van der Waals surface area contributed by atoms with E-state index in [2.05, 4.69) is 30.8 Å². The molecule has 7 nitrogen and oxygen atoms in total. The van der Waals surface area contributed by atoms with Crippen LogP contribution in [-0.4, -0.2) is 35.9 Å². The van der Waals surface area contributed by atoms with Crippen LogP contribution in [-0.2, 0) is 6.18 Å². The van der Waals surface area contributed by atoms with Crippen LogP contribution in [0.1, 0.15) is 5.56 Å². The monoisotopic (exact) mass is 372 g/mol. The molecule has 3 N–H and O–H groups in total. The molecular formula is C17H11F3N6O. The molecule has 0 fully saturated rings. The number of H-pyrrole nitrogens is 2. The van der Waals surface area contributed by atoms with Crippen LogP contribution in [0.2, 0.25) is 0 Å². The number of aromatic hydroxyl groups is 1. The molecule has 0 saturated carbocycles. The number of nitrogens with one attached hydrogen (secondary N) is 2. The van der Waals surface area contributed by atoms with Crippen LogP contribution in [0.4, 0.5) is 13.2 Å². The van der Waals surface area contributed by atoms with Crippen LogP contribution in [0.15, 0.2) is 48.5 Å². The molecule has 4 aromatic rings. The van der Waals surface area contributed by atoms with Crippen molar-refractivity contribution in [3.63, 3.8) is 0 Å². The number of phenols is 1. The van der Waals surface area contributed by atoms with Gasteiger partial charge in [-0.15, -0.1) is 10.2 Å². The maximum Gasteiger partial charge on any atom is 0.417 e. The average molecular weight is 372 g/mol. The van der Waals surface area contributed by atoms with Crippen molar-refractivity contribution >= 4 is 0 Å². The maximum atomic E-state index is 13.2. The van der Waals surface area contributed by atoms with Gasteiger partial charge in [0.1, 0.15) is 5.75 Å². The molecule has 27 heavy (non-hydrogen) atoms. The van der Waals surface area contributed by atoms with Gasteiger partial charge in [-0.1, -0.05) is 18.2 Å². The summed E-state index contributed by atoms with van der Waals surface area (Å²) in [5.74, 6) is 0.235. The predicted molar refractivity (Wildman–Crippen MR) is 89.3 cm³/mol. The minimum absolute atomic E-state index is 0.0300. The zero-order valence-corrected chi connectivity index (χ0v) is 13.5. The summed E-state index contributed by atoms with van der Waals surface area (Å²) in [4.78, 5) is 0. The summed E-state index contributed by atoms with van der Waals surface area (Å²) in [6.45, 7) is 0. The minimum Gasteiger partial charge on any atom is -0.507 e. The minimum atomic E-state index is -4.50. The molecule has 2 aromatic carbocycles. The van der Waals surface area contributed by atoms with Gasteiger partial charge in [-0.2, -0.15) is 23.5 Å². The van der Waals surface area contributed by atoms with E-state index in [1.54, 1.807) is 12.1 Å². The predicted octanol–water partition coefficient (Wildman–Crippen LogP) is 3.65. The van der Waals surface area contributed by atoms with Crippen molar-refractivity contribution < 1.29 is 18.3 Å². The third-order valence-corrected chi connectivity index (χ3v) is 3.98. The van der Waals surface area contributed by atoms with Crippen LogP contribution >= 0.6 is 0 Å². The third kappa shape index (κ3) is 3.12. The maximum absolute atomic E-state index is 13.2. The van der Waals surface area contributed by atoms with E-state index < -0.39 is 11.7 Å². The molecule has 0 aliphatic rings. The SMILES string of the molecule is Oc1ccc(-c2nn[nH]n2)cc1-c1cc(-c2ccccc2C(F)(F)F)[nH]n1. The largest absolute Gasteiger partial charge is 0.507 e. The van der Waals surface area contributed by atoms with E-state index in [4.69, 9.17) is 0 Å². The Morgan fingerprint density at radius 3 is 2.48 bits per heavy atom. The van der Waals surface area contributed by atoms with Gasteiger partial charge in [0.25, 0.3) is 0 Å². The highest BCUT2D eigenvalue weighted by Crippen LogP contribution is 2.38. The average Bonchev–Trinajstić information content (AvgIpc) is 3.33. The van der Waals surface area contributed by atoms with E-state index in [1.165, 1.54) is 30.3 Å². The van der Waals surface area contributed by atoms with Gasteiger partial charge < -0.3 is 5.11 Å². The molecule has 0 unspecified atom stereocenters. The van der Waals surface area contributed by atoms with Gasteiger partial charge in [-0.3, -0.25) is 5.10 Å². The molecule has 0 aliphatic carbocycles. The summed E-state index contributed by atoms with van der Waals surface area (Å²) in [7, 11) is 0. The number of hydrogen-bond acceptors (Lipinski definition) is 5. The fourth-order valence-electron chi connectivity index (χ4n) is 2.73. The van der Waals surface area contributed by atoms with Crippen molar-refractivity contribution in [2.24, 2.45) is 0 Å². The second-order valence-corrected chi connectivity index (χ2v) is 5.68. The lowest BCUT2D eigenvalue weighted by Crippen LogP contribution is -2.06. The second kappa shape index (κ2) is 6.24. The zero-order chi connectivity index (χ0) is 19.0. The van der Waals surface area contributed by atoms with Gasteiger partial charge in [0.05, 0.1) is 17.0 Å². The molecule has 0 spiro atoms. The van der Waals surface area contributed by atoms with Crippen LogP contribution in [0.25, 0.3) is 33.9 Å². The molecule has 0 bridgehead atoms. The fourth-order valence-corrected chi connectivity index (χ4v) is 2.73. The molecule has 0 amide bonds. The summed E-state index contributed by atoms with van der Waals surface area (Å²) in [5.41, 5.74) is 0.552. The zero-order valence-electron chi connectivity index (χ0n) is 13.5. The highest BCUT2D eigenvalue weighted by molar-refractivity contribution is 5.76. The number of hydrogen-bond donors (Lipinski definition) is 3. The Morgan fingerprint density at radius 2 is 1.74 bits per heavy atom. The number of phenolic OH excluding ortho intramolecular Hbond substituents is 1. The number of aromatic nitrogens is 6. The molecule has 4 rings (SSSR count). The van der Waals surface area contributed by atoms with Gasteiger partial charge in [-0.25, -0.2) is 0 Å². The number of halogens is 3. The van der Waals surface area contributed by atoms with Gasteiger partial charge >= 0.3 is 6.18 Å². The smallest absolute Gasteiger partial charge is 0.417 e. The summed E-state index contributed by atoms with van der Waals surface area (Å²) in [6.07, 6.45) is -4.50. The van der Waals surface area contributed by atoms with E-state index in [1.807, 2.05) is 0 Å². The first-order valence-electron chi connectivity index (χ1n) is 7.72. The first-order valence-corrected chi connectivity index (χ1v) is 7.72. The Balaban J connectivity index is 1.78. The van der Waals surface area contributed by atoms with E-state index in [0.29, 0.717) is 17.0 Å². The van der Waals surface area contributed by atoms with Crippen molar-refractivity contribution in [2.75, 3.05) is 0 Å². The highest BCUT2D eigenvalue weighted by atomic mass is 19.4. The fraction of sp³-hybridized carbons (Fsp3) is 0.0588. The Morgan fingerprint density at radius 1 is 0.926 bits per heavy atom. The Bertz CT molecular complexity index is 1090. The molecule has 0 aliphatic heterocycles. The normalized spacial score (nSPS) is 11.7. The van der Waals surface area contributed by atoms with Crippen LogP contribution < -0.4 is 0 Å². The second-order valence-electron chi connectivity index (χ2n) is 5.68. The number of tetrazole rings is 1.